The minimum Gasteiger partial charge on any atom is -0.490 e. The third-order valence-electron chi connectivity index (χ3n) is 9.21. The number of carbonyl (C=O) groups is 2. The molecule has 5 rings (SSSR count). The molecule has 1 atom stereocenters. The number of fused-ring (bicyclic) bond motifs is 2. The van der Waals surface area contributed by atoms with Gasteiger partial charge in [0.25, 0.3) is 0 Å². The number of nitrogens with zero attached hydrogens (tertiary/aromatic N) is 1. The largest absolute Gasteiger partial charge is 0.490 e. The lowest BCUT2D eigenvalue weighted by Gasteiger charge is -2.37. The number of benzene rings is 2. The third-order valence-corrected chi connectivity index (χ3v) is 9.21. The maximum Gasteiger partial charge on any atom is 0.337 e. The average Bonchev–Trinajstić information content (AvgIpc) is 2.92. The molecule has 2 aromatic carbocycles. The van der Waals surface area contributed by atoms with Crippen LogP contribution in [0.2, 0.25) is 0 Å². The van der Waals surface area contributed by atoms with Gasteiger partial charge in [-0.3, -0.25) is 4.79 Å². The van der Waals surface area contributed by atoms with Crippen LogP contribution in [0.5, 0.6) is 5.75 Å². The highest BCUT2D eigenvalue weighted by atomic mass is 19.1. The molecule has 222 valence electrons. The number of halogens is 1. The highest BCUT2D eigenvalue weighted by Crippen LogP contribution is 2.46. The number of hydrogen-bond acceptors (Lipinski definition) is 4. The first-order chi connectivity index (χ1) is 19.4. The molecule has 0 radical (unpaired) electrons. The number of aliphatic carboxylic acids is 1. The summed E-state index contributed by atoms with van der Waals surface area (Å²) in [4.78, 5) is 28.3. The molecule has 0 saturated heterocycles. The van der Waals surface area contributed by atoms with Crippen molar-refractivity contribution in [2.45, 2.75) is 111 Å². The van der Waals surface area contributed by atoms with Gasteiger partial charge in [0.1, 0.15) is 0 Å². The fraction of sp³-hybridized carbons (Fsp3) is 0.588. The first-order valence-electron chi connectivity index (χ1n) is 15.2. The number of hydrogen-bond donors (Lipinski definition) is 1. The Morgan fingerprint density at radius 3 is 2.44 bits per heavy atom. The van der Waals surface area contributed by atoms with Crippen LogP contribution in [-0.4, -0.2) is 40.6 Å². The Bertz CT molecular complexity index is 1370. The highest BCUT2D eigenvalue weighted by molar-refractivity contribution is 5.88. The summed E-state index contributed by atoms with van der Waals surface area (Å²) in [5.74, 6) is -0.636. The van der Waals surface area contributed by atoms with Crippen LogP contribution in [0.3, 0.4) is 0 Å². The van der Waals surface area contributed by atoms with E-state index in [4.69, 9.17) is 9.47 Å². The van der Waals surface area contributed by atoms with Crippen molar-refractivity contribution in [3.05, 3.63) is 50.8 Å². The lowest BCUT2D eigenvalue weighted by molar-refractivity contribution is -0.160. The van der Waals surface area contributed by atoms with E-state index in [1.54, 1.807) is 0 Å². The van der Waals surface area contributed by atoms with E-state index in [1.807, 2.05) is 46.4 Å². The number of carbonyl (C=O) groups excluding carboxylic acids is 1. The summed E-state index contributed by atoms with van der Waals surface area (Å²) < 4.78 is 27.5. The third kappa shape index (κ3) is 5.75. The van der Waals surface area contributed by atoms with Gasteiger partial charge in [-0.1, -0.05) is 19.3 Å². The molecule has 2 heterocycles. The molecular weight excluding hydrogens is 521 g/mol. The van der Waals surface area contributed by atoms with E-state index in [1.165, 1.54) is 25.3 Å². The van der Waals surface area contributed by atoms with Crippen LogP contribution in [0.25, 0.3) is 11.1 Å². The van der Waals surface area contributed by atoms with Crippen LogP contribution < -0.4 is 4.74 Å². The Hall–Kier alpha value is -2.93. The van der Waals surface area contributed by atoms with Gasteiger partial charge in [0.05, 0.1) is 18.6 Å². The second-order valence-electron chi connectivity index (χ2n) is 13.2. The summed E-state index contributed by atoms with van der Waals surface area (Å²) in [6.45, 7) is 13.1. The summed E-state index contributed by atoms with van der Waals surface area (Å²) in [6, 6.07) is 1.50. The number of rotatable bonds is 6. The summed E-state index contributed by atoms with van der Waals surface area (Å²) >= 11 is 0. The molecule has 1 amide bonds. The molecule has 1 fully saturated rings. The summed E-state index contributed by atoms with van der Waals surface area (Å²) in [6.07, 6.45) is 6.45. The van der Waals surface area contributed by atoms with Crippen molar-refractivity contribution >= 4 is 11.9 Å². The van der Waals surface area contributed by atoms with Crippen LogP contribution in [0.15, 0.2) is 6.07 Å². The van der Waals surface area contributed by atoms with Crippen molar-refractivity contribution < 1.29 is 28.6 Å². The molecule has 2 aromatic rings. The first-order valence-corrected chi connectivity index (χ1v) is 15.2. The standard InChI is InChI=1S/C34H44FNO5/c1-19-23-13-10-14-40-31(23)27(35)15-25(19)29-21(3)26-18-36(17-22-11-8-7-9-12-22)28(37)16-24(26)20(2)30(29)32(33(38)39)41-34(4,5)6/h15,22,32H,7-14,16-18H2,1-6H3,(H,38,39). The van der Waals surface area contributed by atoms with E-state index in [0.717, 1.165) is 59.2 Å². The van der Waals surface area contributed by atoms with Gasteiger partial charge < -0.3 is 19.5 Å². The van der Waals surface area contributed by atoms with Gasteiger partial charge in [-0.05, 0) is 118 Å². The second-order valence-corrected chi connectivity index (χ2v) is 13.2. The summed E-state index contributed by atoms with van der Waals surface area (Å²) in [7, 11) is 0. The van der Waals surface area contributed by atoms with Gasteiger partial charge in [-0.2, -0.15) is 0 Å². The lowest BCUT2D eigenvalue weighted by atomic mass is 9.78. The first kappa shape index (κ1) is 29.6. The Morgan fingerprint density at radius 1 is 1.07 bits per heavy atom. The lowest BCUT2D eigenvalue weighted by Crippen LogP contribution is -2.41. The molecule has 7 heteroatoms. The topological polar surface area (TPSA) is 76.1 Å². The molecule has 0 bridgehead atoms. The van der Waals surface area contributed by atoms with E-state index in [-0.39, 0.29) is 12.3 Å². The zero-order valence-corrected chi connectivity index (χ0v) is 25.4. The highest BCUT2D eigenvalue weighted by Gasteiger charge is 2.37. The second kappa shape index (κ2) is 11.4. The van der Waals surface area contributed by atoms with Crippen molar-refractivity contribution in [1.29, 1.82) is 0 Å². The molecule has 3 aliphatic rings. The monoisotopic (exact) mass is 565 g/mol. The van der Waals surface area contributed by atoms with E-state index in [9.17, 15) is 14.7 Å². The van der Waals surface area contributed by atoms with Crippen LogP contribution in [0.1, 0.15) is 104 Å². The molecular formula is C34H44FNO5. The van der Waals surface area contributed by atoms with Gasteiger partial charge in [-0.15, -0.1) is 0 Å². The van der Waals surface area contributed by atoms with Crippen molar-refractivity contribution in [1.82, 2.24) is 4.90 Å². The zero-order chi connectivity index (χ0) is 29.6. The van der Waals surface area contributed by atoms with Crippen molar-refractivity contribution in [3.63, 3.8) is 0 Å². The van der Waals surface area contributed by atoms with Gasteiger partial charge in [-0.25, -0.2) is 9.18 Å². The molecule has 1 saturated carbocycles. The summed E-state index contributed by atoms with van der Waals surface area (Å²) in [5, 5.41) is 10.5. The number of amides is 1. The van der Waals surface area contributed by atoms with Crippen LogP contribution in [-0.2, 0) is 33.7 Å². The van der Waals surface area contributed by atoms with Crippen molar-refractivity contribution in [3.8, 4) is 16.9 Å². The molecule has 6 nitrogen and oxygen atoms in total. The Balaban J connectivity index is 1.72. The van der Waals surface area contributed by atoms with Gasteiger partial charge in [0, 0.05) is 24.2 Å². The van der Waals surface area contributed by atoms with Gasteiger partial charge >= 0.3 is 5.97 Å². The number of carboxylic acids is 1. The maximum atomic E-state index is 15.6. The fourth-order valence-electron chi connectivity index (χ4n) is 7.18. The van der Waals surface area contributed by atoms with E-state index in [2.05, 4.69) is 0 Å². The normalized spacial score (nSPS) is 18.5. The molecule has 41 heavy (non-hydrogen) atoms. The van der Waals surface area contributed by atoms with Gasteiger partial charge in [0.15, 0.2) is 17.7 Å². The predicted octanol–water partition coefficient (Wildman–Crippen LogP) is 7.15. The average molecular weight is 566 g/mol. The molecule has 1 unspecified atom stereocenters. The van der Waals surface area contributed by atoms with E-state index < -0.39 is 23.5 Å². The number of carboxylic acid groups (broad SMARTS) is 1. The maximum absolute atomic E-state index is 15.6. The SMILES string of the molecule is Cc1c(-c2c(C)c3c(c(C)c2C(OC(C)(C)C)C(=O)O)CC(=O)N(CC2CCCCC2)C3)cc(F)c2c1CCCO2. The Labute approximate surface area is 243 Å². The zero-order valence-electron chi connectivity index (χ0n) is 25.4. The van der Waals surface area contributed by atoms with E-state index >= 15 is 4.39 Å². The molecule has 2 aliphatic heterocycles. The number of ether oxygens (including phenoxy) is 2. The Morgan fingerprint density at radius 2 is 1.78 bits per heavy atom. The summed E-state index contributed by atoms with van der Waals surface area (Å²) in [5.41, 5.74) is 6.45. The molecule has 0 aromatic heterocycles. The van der Waals surface area contributed by atoms with Crippen LogP contribution in [0, 0.1) is 32.5 Å². The van der Waals surface area contributed by atoms with Crippen LogP contribution in [0.4, 0.5) is 4.39 Å². The Kier molecular flexibility index (Phi) is 8.21. The molecule has 1 N–H and O–H groups in total. The molecule has 1 aliphatic carbocycles. The predicted molar refractivity (Wildman–Crippen MR) is 157 cm³/mol. The van der Waals surface area contributed by atoms with Crippen LogP contribution >= 0.6 is 0 Å². The van der Waals surface area contributed by atoms with Crippen molar-refractivity contribution in [2.75, 3.05) is 13.2 Å². The van der Waals surface area contributed by atoms with Crippen molar-refractivity contribution in [2.24, 2.45) is 5.92 Å². The van der Waals surface area contributed by atoms with Gasteiger partial charge in [0.2, 0.25) is 5.91 Å². The fourth-order valence-corrected chi connectivity index (χ4v) is 7.18. The smallest absolute Gasteiger partial charge is 0.337 e. The minimum atomic E-state index is -1.28. The molecule has 0 spiro atoms. The quantitative estimate of drug-likeness (QED) is 0.403. The van der Waals surface area contributed by atoms with E-state index in [0.29, 0.717) is 47.9 Å². The minimum absolute atomic E-state index is 0.0843.